The number of nitrogens with one attached hydrogen (secondary N) is 1. The maximum Gasteiger partial charge on any atom is 0.127 e. The molecular weight excluding hydrogens is 224 g/mol. The van der Waals surface area contributed by atoms with Crippen LogP contribution in [0.25, 0.3) is 0 Å². The first-order chi connectivity index (χ1) is 8.74. The van der Waals surface area contributed by atoms with Crippen molar-refractivity contribution in [2.45, 2.75) is 26.8 Å². The first-order valence-corrected chi connectivity index (χ1v) is 6.93. The molecule has 1 aliphatic rings. The van der Waals surface area contributed by atoms with Crippen molar-refractivity contribution < 1.29 is 0 Å². The Balaban J connectivity index is 2.05. The normalized spacial score (nSPS) is 21.1. The molecule has 1 unspecified atom stereocenters. The number of rotatable bonds is 4. The van der Waals surface area contributed by atoms with Gasteiger partial charge in [0.05, 0.1) is 0 Å². The van der Waals surface area contributed by atoms with E-state index in [0.717, 1.165) is 38.5 Å². The Kier molecular flexibility index (Phi) is 4.42. The van der Waals surface area contributed by atoms with Crippen LogP contribution in [0.15, 0.2) is 18.3 Å². The lowest BCUT2D eigenvalue weighted by Crippen LogP contribution is -2.51. The minimum atomic E-state index is 0.625. The van der Waals surface area contributed by atoms with Crippen LogP contribution in [0, 0.1) is 0 Å². The molecule has 2 rings (SSSR count). The number of hydrogen-bond donors (Lipinski definition) is 1. The van der Waals surface area contributed by atoms with E-state index in [1.165, 1.54) is 5.69 Å². The van der Waals surface area contributed by atoms with E-state index in [1.54, 1.807) is 0 Å². The zero-order valence-electron chi connectivity index (χ0n) is 11.7. The molecule has 1 aromatic heterocycles. The third-order valence-corrected chi connectivity index (χ3v) is 3.64. The Hall–Kier alpha value is -1.29. The largest absolute Gasteiger partial charge is 0.370 e. The van der Waals surface area contributed by atoms with Gasteiger partial charge in [-0.15, -0.1) is 0 Å². The van der Waals surface area contributed by atoms with E-state index in [2.05, 4.69) is 53.0 Å². The van der Waals surface area contributed by atoms with Crippen LogP contribution < -0.4 is 10.2 Å². The Bertz CT molecular complexity index is 380. The van der Waals surface area contributed by atoms with E-state index < -0.39 is 0 Å². The van der Waals surface area contributed by atoms with Gasteiger partial charge >= 0.3 is 0 Å². The molecule has 1 aromatic rings. The number of hydrogen-bond acceptors (Lipinski definition) is 4. The molecule has 2 heterocycles. The maximum atomic E-state index is 4.33. The van der Waals surface area contributed by atoms with E-state index in [1.807, 2.05) is 6.20 Å². The third-order valence-electron chi connectivity index (χ3n) is 3.64. The van der Waals surface area contributed by atoms with Gasteiger partial charge < -0.3 is 10.2 Å². The van der Waals surface area contributed by atoms with Gasteiger partial charge in [0.25, 0.3) is 0 Å². The van der Waals surface area contributed by atoms with Crippen molar-refractivity contribution in [3.8, 4) is 0 Å². The van der Waals surface area contributed by atoms with Crippen LogP contribution in [0.4, 0.5) is 11.5 Å². The molecule has 100 valence electrons. The van der Waals surface area contributed by atoms with Gasteiger partial charge in [0.2, 0.25) is 0 Å². The molecule has 4 nitrogen and oxygen atoms in total. The summed E-state index contributed by atoms with van der Waals surface area (Å²) in [6, 6.07) is 4.88. The molecule has 0 bridgehead atoms. The smallest absolute Gasteiger partial charge is 0.127 e. The summed E-state index contributed by atoms with van der Waals surface area (Å²) in [5.41, 5.74) is 1.28. The summed E-state index contributed by atoms with van der Waals surface area (Å²) in [4.78, 5) is 9.31. The van der Waals surface area contributed by atoms with Crippen LogP contribution in [-0.2, 0) is 0 Å². The molecule has 4 heteroatoms. The summed E-state index contributed by atoms with van der Waals surface area (Å²) < 4.78 is 0. The summed E-state index contributed by atoms with van der Waals surface area (Å²) in [5, 5.41) is 3.27. The fraction of sp³-hybridized carbons (Fsp3) is 0.643. The topological polar surface area (TPSA) is 31.4 Å². The molecule has 0 radical (unpaired) electrons. The summed E-state index contributed by atoms with van der Waals surface area (Å²) in [5.74, 6) is 0.973. The summed E-state index contributed by atoms with van der Waals surface area (Å²) in [6.07, 6.45) is 1.89. The molecular formula is C14H24N4. The molecule has 18 heavy (non-hydrogen) atoms. The Morgan fingerprint density at radius 3 is 2.89 bits per heavy atom. The van der Waals surface area contributed by atoms with Gasteiger partial charge in [-0.1, -0.05) is 6.92 Å². The molecule has 0 amide bonds. The summed E-state index contributed by atoms with van der Waals surface area (Å²) >= 11 is 0. The second-order valence-corrected chi connectivity index (χ2v) is 4.85. The van der Waals surface area contributed by atoms with E-state index >= 15 is 0 Å². The number of anilines is 2. The first kappa shape index (κ1) is 13.1. The molecule has 1 saturated heterocycles. The summed E-state index contributed by atoms with van der Waals surface area (Å²) in [6.45, 7) is 12.1. The molecule has 0 aromatic carbocycles. The molecule has 0 saturated carbocycles. The zero-order valence-corrected chi connectivity index (χ0v) is 11.7. The highest BCUT2D eigenvalue weighted by molar-refractivity contribution is 5.54. The van der Waals surface area contributed by atoms with Crippen molar-refractivity contribution in [1.29, 1.82) is 0 Å². The lowest BCUT2D eigenvalue weighted by atomic mass is 10.1. The van der Waals surface area contributed by atoms with Crippen molar-refractivity contribution in [2.24, 2.45) is 0 Å². The van der Waals surface area contributed by atoms with Crippen LogP contribution >= 0.6 is 0 Å². The van der Waals surface area contributed by atoms with Gasteiger partial charge in [-0.25, -0.2) is 4.98 Å². The maximum absolute atomic E-state index is 4.33. The fourth-order valence-electron chi connectivity index (χ4n) is 2.59. The van der Waals surface area contributed by atoms with Gasteiger partial charge in [-0.3, -0.25) is 4.90 Å². The highest BCUT2D eigenvalue weighted by Gasteiger charge is 2.22. The standard InChI is InChI=1S/C14H24N4/c1-4-15-14-10-13(6-7-16-14)18-9-8-17(5-2)12(3)11-18/h6-7,10,12H,4-5,8-9,11H2,1-3H3,(H,15,16). The highest BCUT2D eigenvalue weighted by atomic mass is 15.3. The minimum Gasteiger partial charge on any atom is -0.370 e. The van der Waals surface area contributed by atoms with Crippen molar-refractivity contribution in [2.75, 3.05) is 42.9 Å². The lowest BCUT2D eigenvalue weighted by molar-refractivity contribution is 0.199. The van der Waals surface area contributed by atoms with Gasteiger partial charge in [0.15, 0.2) is 0 Å². The highest BCUT2D eigenvalue weighted by Crippen LogP contribution is 2.20. The van der Waals surface area contributed by atoms with Crippen molar-refractivity contribution in [1.82, 2.24) is 9.88 Å². The molecule has 0 aliphatic carbocycles. The van der Waals surface area contributed by atoms with E-state index in [0.29, 0.717) is 6.04 Å². The fourth-order valence-corrected chi connectivity index (χ4v) is 2.59. The Morgan fingerprint density at radius 1 is 1.39 bits per heavy atom. The molecule has 1 atom stereocenters. The van der Waals surface area contributed by atoms with Crippen LogP contribution in [-0.4, -0.2) is 48.6 Å². The van der Waals surface area contributed by atoms with Crippen LogP contribution in [0.3, 0.4) is 0 Å². The number of likely N-dealkylation sites (N-methyl/N-ethyl adjacent to an activating group) is 1. The van der Waals surface area contributed by atoms with Crippen LogP contribution in [0.2, 0.25) is 0 Å². The molecule has 1 N–H and O–H groups in total. The number of pyridine rings is 1. The van der Waals surface area contributed by atoms with Gasteiger partial charge in [-0.05, 0) is 26.5 Å². The monoisotopic (exact) mass is 248 g/mol. The van der Waals surface area contributed by atoms with Gasteiger partial charge in [0, 0.05) is 50.2 Å². The SMILES string of the molecule is CCNc1cc(N2CCN(CC)C(C)C2)ccn1. The van der Waals surface area contributed by atoms with E-state index in [9.17, 15) is 0 Å². The Labute approximate surface area is 110 Å². The van der Waals surface area contributed by atoms with Crippen molar-refractivity contribution in [3.05, 3.63) is 18.3 Å². The van der Waals surface area contributed by atoms with Crippen LogP contribution in [0.1, 0.15) is 20.8 Å². The average molecular weight is 248 g/mol. The molecule has 0 spiro atoms. The molecule has 1 fully saturated rings. The summed E-state index contributed by atoms with van der Waals surface area (Å²) in [7, 11) is 0. The number of aromatic nitrogens is 1. The predicted octanol–water partition coefficient (Wildman–Crippen LogP) is 2.04. The number of nitrogens with zero attached hydrogens (tertiary/aromatic N) is 3. The second kappa shape index (κ2) is 6.05. The van der Waals surface area contributed by atoms with Gasteiger partial charge in [-0.2, -0.15) is 0 Å². The first-order valence-electron chi connectivity index (χ1n) is 6.93. The molecule has 1 aliphatic heterocycles. The van der Waals surface area contributed by atoms with E-state index in [4.69, 9.17) is 0 Å². The third kappa shape index (κ3) is 2.93. The van der Waals surface area contributed by atoms with Gasteiger partial charge in [0.1, 0.15) is 5.82 Å². The number of piperazine rings is 1. The minimum absolute atomic E-state index is 0.625. The Morgan fingerprint density at radius 2 is 2.22 bits per heavy atom. The van der Waals surface area contributed by atoms with Crippen LogP contribution in [0.5, 0.6) is 0 Å². The average Bonchev–Trinajstić information content (AvgIpc) is 2.39. The predicted molar refractivity (Wildman–Crippen MR) is 77.3 cm³/mol. The van der Waals surface area contributed by atoms with Crippen molar-refractivity contribution in [3.63, 3.8) is 0 Å². The van der Waals surface area contributed by atoms with Crippen molar-refractivity contribution >= 4 is 11.5 Å². The second-order valence-electron chi connectivity index (χ2n) is 4.85. The zero-order chi connectivity index (χ0) is 13.0. The lowest BCUT2D eigenvalue weighted by Gasteiger charge is -2.40. The van der Waals surface area contributed by atoms with E-state index in [-0.39, 0.29) is 0 Å². The quantitative estimate of drug-likeness (QED) is 0.883.